The molecule has 1 aromatic rings. The number of guanidine groups is 1. The lowest BCUT2D eigenvalue weighted by Gasteiger charge is -2.19. The molecule has 24 heavy (non-hydrogen) atoms. The van der Waals surface area contributed by atoms with Gasteiger partial charge in [-0.05, 0) is 12.1 Å². The number of halogens is 1. The summed E-state index contributed by atoms with van der Waals surface area (Å²) in [6, 6.07) is 9.86. The van der Waals surface area contributed by atoms with Crippen molar-refractivity contribution in [3.63, 3.8) is 0 Å². The van der Waals surface area contributed by atoms with Gasteiger partial charge in [0.05, 0.1) is 6.04 Å². The highest BCUT2D eigenvalue weighted by molar-refractivity contribution is 14.0. The van der Waals surface area contributed by atoms with Crippen LogP contribution in [0.2, 0.25) is 0 Å². The molecule has 1 aliphatic rings. The zero-order chi connectivity index (χ0) is 16.5. The van der Waals surface area contributed by atoms with Crippen molar-refractivity contribution in [1.29, 1.82) is 0 Å². The molecule has 0 radical (unpaired) electrons. The topological polar surface area (TPSA) is 56.7 Å². The number of amides is 1. The van der Waals surface area contributed by atoms with Crippen LogP contribution in [0.25, 0.3) is 0 Å². The van der Waals surface area contributed by atoms with E-state index < -0.39 is 0 Å². The summed E-state index contributed by atoms with van der Waals surface area (Å²) in [6.07, 6.45) is 2.39. The van der Waals surface area contributed by atoms with Crippen LogP contribution in [-0.4, -0.2) is 49.6 Å². The molecule has 1 unspecified atom stereocenters. The van der Waals surface area contributed by atoms with Gasteiger partial charge in [-0.1, -0.05) is 24.3 Å². The summed E-state index contributed by atoms with van der Waals surface area (Å²) in [5.74, 6) is 2.84. The van der Waals surface area contributed by atoms with Crippen molar-refractivity contribution in [2.75, 3.05) is 36.5 Å². The van der Waals surface area contributed by atoms with E-state index in [2.05, 4.69) is 22.2 Å². The van der Waals surface area contributed by atoms with Gasteiger partial charge >= 0.3 is 0 Å². The average Bonchev–Trinajstić information content (AvgIpc) is 2.94. The van der Waals surface area contributed by atoms with Gasteiger partial charge in [0.25, 0.3) is 0 Å². The van der Waals surface area contributed by atoms with Gasteiger partial charge in [0.15, 0.2) is 5.96 Å². The molecule has 132 valence electrons. The monoisotopic (exact) mass is 460 g/mol. The van der Waals surface area contributed by atoms with Crippen molar-refractivity contribution in [3.05, 3.63) is 43.0 Å². The van der Waals surface area contributed by atoms with Crippen LogP contribution in [0, 0.1) is 0 Å². The summed E-state index contributed by atoms with van der Waals surface area (Å²) >= 11 is 1.82. The molecular formula is C17H25IN4OS. The van der Waals surface area contributed by atoms with E-state index in [4.69, 9.17) is 0 Å². The summed E-state index contributed by atoms with van der Waals surface area (Å²) in [4.78, 5) is 18.3. The van der Waals surface area contributed by atoms with Gasteiger partial charge in [0, 0.05) is 43.8 Å². The van der Waals surface area contributed by atoms with Gasteiger partial charge in [-0.3, -0.25) is 9.79 Å². The maximum atomic E-state index is 12.2. The summed E-state index contributed by atoms with van der Waals surface area (Å²) < 4.78 is 0. The third kappa shape index (κ3) is 6.35. The predicted molar refractivity (Wildman–Crippen MR) is 115 cm³/mol. The summed E-state index contributed by atoms with van der Waals surface area (Å²) in [5, 5.41) is 6.61. The number of anilines is 1. The lowest BCUT2D eigenvalue weighted by atomic mass is 10.2. The van der Waals surface area contributed by atoms with Crippen molar-refractivity contribution < 1.29 is 4.79 Å². The normalized spacial score (nSPS) is 17.4. The van der Waals surface area contributed by atoms with E-state index in [1.165, 1.54) is 0 Å². The lowest BCUT2D eigenvalue weighted by Crippen LogP contribution is -2.45. The lowest BCUT2D eigenvalue weighted by molar-refractivity contribution is -0.117. The fourth-order valence-electron chi connectivity index (χ4n) is 2.46. The average molecular weight is 460 g/mol. The van der Waals surface area contributed by atoms with Crippen LogP contribution in [0.1, 0.15) is 6.42 Å². The number of nitrogens with one attached hydrogen (secondary N) is 2. The van der Waals surface area contributed by atoms with E-state index in [1.54, 1.807) is 7.05 Å². The number of carbonyl (C=O) groups excluding carboxylic acids is 1. The number of nitrogens with zero attached hydrogens (tertiary/aromatic N) is 2. The highest BCUT2D eigenvalue weighted by atomic mass is 127. The SMILES string of the molecule is C=CCSCCNC(=NC)NC1CC(=O)N(c2ccccc2)C1.I. The Kier molecular flexibility index (Phi) is 9.85. The standard InChI is InChI=1S/C17H24N4OS.HI/c1-3-10-23-11-9-19-17(18-2)20-14-12-16(22)21(13-14)15-7-5-4-6-8-15;/h3-8,14H,1,9-13H2,2H3,(H2,18,19,20);1H. The van der Waals surface area contributed by atoms with Gasteiger partial charge in [0.2, 0.25) is 5.91 Å². The number of thioether (sulfide) groups is 1. The number of carbonyl (C=O) groups is 1. The zero-order valence-electron chi connectivity index (χ0n) is 13.9. The van der Waals surface area contributed by atoms with Crippen LogP contribution in [0.3, 0.4) is 0 Å². The highest BCUT2D eigenvalue weighted by Gasteiger charge is 2.30. The molecule has 0 aromatic heterocycles. The van der Waals surface area contributed by atoms with E-state index in [1.807, 2.05) is 53.1 Å². The predicted octanol–water partition coefficient (Wildman–Crippen LogP) is 2.49. The Labute approximate surface area is 165 Å². The zero-order valence-corrected chi connectivity index (χ0v) is 17.1. The van der Waals surface area contributed by atoms with Crippen LogP contribution in [0.4, 0.5) is 5.69 Å². The largest absolute Gasteiger partial charge is 0.356 e. The molecule has 1 amide bonds. The molecule has 5 nitrogen and oxygen atoms in total. The first kappa shape index (κ1) is 20.8. The minimum absolute atomic E-state index is 0. The van der Waals surface area contributed by atoms with Crippen LogP contribution in [0.15, 0.2) is 48.0 Å². The molecule has 1 fully saturated rings. The first-order chi connectivity index (χ1) is 11.2. The number of rotatable bonds is 7. The first-order valence-electron chi connectivity index (χ1n) is 7.76. The molecule has 1 aliphatic heterocycles. The number of para-hydroxylation sites is 1. The van der Waals surface area contributed by atoms with E-state index >= 15 is 0 Å². The molecule has 1 saturated heterocycles. The molecule has 7 heteroatoms. The Balaban J connectivity index is 0.00000288. The maximum Gasteiger partial charge on any atom is 0.229 e. The summed E-state index contributed by atoms with van der Waals surface area (Å²) in [6.45, 7) is 5.20. The number of benzene rings is 1. The Morgan fingerprint density at radius 2 is 2.21 bits per heavy atom. The molecule has 1 atom stereocenters. The van der Waals surface area contributed by atoms with Crippen molar-refractivity contribution in [1.82, 2.24) is 10.6 Å². The van der Waals surface area contributed by atoms with Gasteiger partial charge in [-0.2, -0.15) is 11.8 Å². The van der Waals surface area contributed by atoms with Crippen molar-refractivity contribution >= 4 is 53.3 Å². The fraction of sp³-hybridized carbons (Fsp3) is 0.412. The maximum absolute atomic E-state index is 12.2. The molecule has 0 spiro atoms. The molecular weight excluding hydrogens is 435 g/mol. The molecule has 1 heterocycles. The van der Waals surface area contributed by atoms with Crippen molar-refractivity contribution in [3.8, 4) is 0 Å². The Morgan fingerprint density at radius 1 is 1.46 bits per heavy atom. The molecule has 0 bridgehead atoms. The fourth-order valence-corrected chi connectivity index (χ4v) is 3.04. The minimum atomic E-state index is 0. The van der Waals surface area contributed by atoms with Gasteiger partial charge in [-0.25, -0.2) is 0 Å². The van der Waals surface area contributed by atoms with Gasteiger partial charge in [0.1, 0.15) is 0 Å². The van der Waals surface area contributed by atoms with E-state index in [0.29, 0.717) is 13.0 Å². The molecule has 2 rings (SSSR count). The van der Waals surface area contributed by atoms with Crippen LogP contribution >= 0.6 is 35.7 Å². The first-order valence-corrected chi connectivity index (χ1v) is 8.91. The molecule has 1 aromatic carbocycles. The molecule has 2 N–H and O–H groups in total. The van der Waals surface area contributed by atoms with Crippen molar-refractivity contribution in [2.45, 2.75) is 12.5 Å². The Morgan fingerprint density at radius 3 is 2.88 bits per heavy atom. The van der Waals surface area contributed by atoms with Crippen LogP contribution < -0.4 is 15.5 Å². The third-order valence-electron chi connectivity index (χ3n) is 3.53. The van der Waals surface area contributed by atoms with Crippen LogP contribution in [-0.2, 0) is 4.79 Å². The second kappa shape index (κ2) is 11.4. The number of aliphatic imine (C=N–C) groups is 1. The quantitative estimate of drug-likeness (QED) is 0.216. The van der Waals surface area contributed by atoms with Gasteiger partial charge in [-0.15, -0.1) is 30.6 Å². The van der Waals surface area contributed by atoms with E-state index in [-0.39, 0.29) is 35.9 Å². The third-order valence-corrected chi connectivity index (χ3v) is 4.50. The summed E-state index contributed by atoms with van der Waals surface area (Å²) in [5.41, 5.74) is 0.950. The molecule has 0 aliphatic carbocycles. The molecule has 0 saturated carbocycles. The van der Waals surface area contributed by atoms with Gasteiger partial charge < -0.3 is 15.5 Å². The minimum Gasteiger partial charge on any atom is -0.356 e. The van der Waals surface area contributed by atoms with Crippen molar-refractivity contribution in [2.24, 2.45) is 4.99 Å². The number of hydrogen-bond donors (Lipinski definition) is 2. The smallest absolute Gasteiger partial charge is 0.229 e. The second-order valence-corrected chi connectivity index (χ2v) is 6.40. The van der Waals surface area contributed by atoms with E-state index in [0.717, 1.165) is 29.7 Å². The summed E-state index contributed by atoms with van der Waals surface area (Å²) in [7, 11) is 1.75. The highest BCUT2D eigenvalue weighted by Crippen LogP contribution is 2.20. The van der Waals surface area contributed by atoms with E-state index in [9.17, 15) is 4.79 Å². The van der Waals surface area contributed by atoms with Crippen LogP contribution in [0.5, 0.6) is 0 Å². The number of hydrogen-bond acceptors (Lipinski definition) is 3. The Bertz CT molecular complexity index is 553. The Hall–Kier alpha value is -1.22. The second-order valence-electron chi connectivity index (χ2n) is 5.25.